The zero-order valence-corrected chi connectivity index (χ0v) is 12.8. The van der Waals surface area contributed by atoms with Gasteiger partial charge in [0.05, 0.1) is 0 Å². The van der Waals surface area contributed by atoms with Crippen molar-refractivity contribution in [2.75, 3.05) is 6.54 Å². The number of aryl methyl sites for hydroxylation is 3. The Hall–Kier alpha value is -0.820. The Balaban J connectivity index is 2.31. The van der Waals surface area contributed by atoms with E-state index < -0.39 is 0 Å². The third kappa shape index (κ3) is 5.22. The first kappa shape index (κ1) is 15.2. The van der Waals surface area contributed by atoms with E-state index in [0.717, 1.165) is 19.0 Å². The second-order valence-electron chi connectivity index (χ2n) is 5.94. The van der Waals surface area contributed by atoms with Crippen molar-refractivity contribution in [2.45, 2.75) is 60.4 Å². The number of unbranched alkanes of at least 4 members (excludes halogenated alkanes) is 1. The van der Waals surface area contributed by atoms with Gasteiger partial charge in [0.25, 0.3) is 0 Å². The molecule has 0 aromatic heterocycles. The van der Waals surface area contributed by atoms with Gasteiger partial charge >= 0.3 is 0 Å². The Morgan fingerprint density at radius 3 is 2.17 bits per heavy atom. The van der Waals surface area contributed by atoms with Gasteiger partial charge in [0.1, 0.15) is 0 Å². The van der Waals surface area contributed by atoms with E-state index in [1.54, 1.807) is 0 Å². The van der Waals surface area contributed by atoms with E-state index in [9.17, 15) is 0 Å². The highest BCUT2D eigenvalue weighted by Crippen LogP contribution is 2.16. The maximum atomic E-state index is 3.58. The second-order valence-corrected chi connectivity index (χ2v) is 5.94. The number of rotatable bonds is 7. The standard InChI is InChI=1S/C17H29N/c1-13(2)8-6-7-9-18-12-17-15(4)10-14(3)11-16(17)5/h10-11,13,18H,6-9,12H2,1-5H3. The van der Waals surface area contributed by atoms with Crippen LogP contribution in [0.5, 0.6) is 0 Å². The summed E-state index contributed by atoms with van der Waals surface area (Å²) >= 11 is 0. The van der Waals surface area contributed by atoms with E-state index in [-0.39, 0.29) is 0 Å². The van der Waals surface area contributed by atoms with Crippen LogP contribution in [0.2, 0.25) is 0 Å². The molecule has 0 amide bonds. The zero-order chi connectivity index (χ0) is 13.5. The summed E-state index contributed by atoms with van der Waals surface area (Å²) in [5.74, 6) is 0.839. The molecule has 0 saturated carbocycles. The van der Waals surface area contributed by atoms with Crippen LogP contribution in [0.3, 0.4) is 0 Å². The van der Waals surface area contributed by atoms with Crippen LogP contribution >= 0.6 is 0 Å². The Labute approximate surface area is 113 Å². The summed E-state index contributed by atoms with van der Waals surface area (Å²) in [5.41, 5.74) is 5.68. The predicted molar refractivity (Wildman–Crippen MR) is 81.0 cm³/mol. The fraction of sp³-hybridized carbons (Fsp3) is 0.647. The van der Waals surface area contributed by atoms with Crippen molar-refractivity contribution < 1.29 is 0 Å². The minimum Gasteiger partial charge on any atom is -0.313 e. The molecule has 1 nitrogen and oxygen atoms in total. The molecule has 0 spiro atoms. The first-order valence-corrected chi connectivity index (χ1v) is 7.28. The van der Waals surface area contributed by atoms with Gasteiger partial charge in [-0.2, -0.15) is 0 Å². The molecule has 1 heteroatoms. The lowest BCUT2D eigenvalue weighted by Gasteiger charge is -2.12. The Morgan fingerprint density at radius 1 is 1.00 bits per heavy atom. The number of nitrogens with one attached hydrogen (secondary N) is 1. The first-order chi connectivity index (χ1) is 8.50. The van der Waals surface area contributed by atoms with Crippen molar-refractivity contribution in [2.24, 2.45) is 5.92 Å². The van der Waals surface area contributed by atoms with Gasteiger partial charge in [-0.25, -0.2) is 0 Å². The van der Waals surface area contributed by atoms with Gasteiger partial charge in [-0.3, -0.25) is 0 Å². The minimum atomic E-state index is 0.839. The summed E-state index contributed by atoms with van der Waals surface area (Å²) in [5, 5.41) is 3.58. The highest BCUT2D eigenvalue weighted by atomic mass is 14.8. The van der Waals surface area contributed by atoms with Crippen molar-refractivity contribution in [1.29, 1.82) is 0 Å². The molecule has 18 heavy (non-hydrogen) atoms. The van der Waals surface area contributed by atoms with Crippen LogP contribution in [0.4, 0.5) is 0 Å². The molecule has 1 aromatic rings. The third-order valence-corrected chi connectivity index (χ3v) is 3.53. The summed E-state index contributed by atoms with van der Waals surface area (Å²) in [6.45, 7) is 13.4. The van der Waals surface area contributed by atoms with Gasteiger partial charge in [-0.1, -0.05) is 44.4 Å². The topological polar surface area (TPSA) is 12.0 Å². The average Bonchev–Trinajstić information content (AvgIpc) is 2.25. The van der Waals surface area contributed by atoms with Crippen LogP contribution in [0.1, 0.15) is 55.4 Å². The van der Waals surface area contributed by atoms with Crippen LogP contribution in [0.15, 0.2) is 12.1 Å². The highest BCUT2D eigenvalue weighted by Gasteiger charge is 2.03. The van der Waals surface area contributed by atoms with Gasteiger partial charge in [-0.05, 0) is 56.3 Å². The lowest BCUT2D eigenvalue weighted by molar-refractivity contribution is 0.520. The van der Waals surface area contributed by atoms with Crippen molar-refractivity contribution in [3.8, 4) is 0 Å². The smallest absolute Gasteiger partial charge is 0.0210 e. The summed E-state index contributed by atoms with van der Waals surface area (Å²) in [6.07, 6.45) is 3.99. The van der Waals surface area contributed by atoms with E-state index in [0.29, 0.717) is 0 Å². The van der Waals surface area contributed by atoms with E-state index in [1.807, 2.05) is 0 Å². The molecular formula is C17H29N. The summed E-state index contributed by atoms with van der Waals surface area (Å²) < 4.78 is 0. The molecule has 0 heterocycles. The SMILES string of the molecule is Cc1cc(C)c(CNCCCCC(C)C)c(C)c1. The largest absolute Gasteiger partial charge is 0.313 e. The normalized spacial score (nSPS) is 11.2. The lowest BCUT2D eigenvalue weighted by atomic mass is 10.00. The van der Waals surface area contributed by atoms with E-state index in [2.05, 4.69) is 52.1 Å². The van der Waals surface area contributed by atoms with Crippen LogP contribution < -0.4 is 5.32 Å². The summed E-state index contributed by atoms with van der Waals surface area (Å²) in [4.78, 5) is 0. The van der Waals surface area contributed by atoms with E-state index >= 15 is 0 Å². The van der Waals surface area contributed by atoms with Gasteiger partial charge < -0.3 is 5.32 Å². The Bertz CT molecular complexity index is 343. The van der Waals surface area contributed by atoms with Gasteiger partial charge in [0, 0.05) is 6.54 Å². The summed E-state index contributed by atoms with van der Waals surface area (Å²) in [7, 11) is 0. The van der Waals surface area contributed by atoms with Gasteiger partial charge in [-0.15, -0.1) is 0 Å². The maximum absolute atomic E-state index is 3.58. The van der Waals surface area contributed by atoms with Crippen LogP contribution in [0, 0.1) is 26.7 Å². The zero-order valence-electron chi connectivity index (χ0n) is 12.8. The monoisotopic (exact) mass is 247 g/mol. The molecule has 0 aliphatic heterocycles. The highest BCUT2D eigenvalue weighted by molar-refractivity contribution is 5.37. The molecule has 0 radical (unpaired) electrons. The van der Waals surface area contributed by atoms with Crippen LogP contribution in [-0.2, 0) is 6.54 Å². The van der Waals surface area contributed by atoms with Crippen LogP contribution in [0.25, 0.3) is 0 Å². The van der Waals surface area contributed by atoms with Crippen molar-refractivity contribution in [1.82, 2.24) is 5.32 Å². The minimum absolute atomic E-state index is 0.839. The fourth-order valence-electron chi connectivity index (χ4n) is 2.50. The van der Waals surface area contributed by atoms with E-state index in [4.69, 9.17) is 0 Å². The Morgan fingerprint density at radius 2 is 1.61 bits per heavy atom. The molecule has 1 N–H and O–H groups in total. The molecule has 102 valence electrons. The molecule has 0 fully saturated rings. The third-order valence-electron chi connectivity index (χ3n) is 3.53. The van der Waals surface area contributed by atoms with Gasteiger partial charge in [0.2, 0.25) is 0 Å². The molecule has 0 saturated heterocycles. The van der Waals surface area contributed by atoms with Crippen molar-refractivity contribution >= 4 is 0 Å². The predicted octanol–water partition coefficient (Wildman–Crippen LogP) is 4.53. The average molecular weight is 247 g/mol. The molecule has 0 aliphatic rings. The first-order valence-electron chi connectivity index (χ1n) is 7.28. The fourth-order valence-corrected chi connectivity index (χ4v) is 2.50. The van der Waals surface area contributed by atoms with E-state index in [1.165, 1.54) is 41.5 Å². The molecule has 0 atom stereocenters. The number of hydrogen-bond acceptors (Lipinski definition) is 1. The summed E-state index contributed by atoms with van der Waals surface area (Å²) in [6, 6.07) is 4.56. The second kappa shape index (κ2) is 7.58. The molecule has 0 unspecified atom stereocenters. The maximum Gasteiger partial charge on any atom is 0.0210 e. The van der Waals surface area contributed by atoms with Crippen molar-refractivity contribution in [3.05, 3.63) is 34.4 Å². The molecule has 1 aromatic carbocycles. The Kier molecular flexibility index (Phi) is 6.42. The lowest BCUT2D eigenvalue weighted by Crippen LogP contribution is -2.16. The number of benzene rings is 1. The van der Waals surface area contributed by atoms with Crippen molar-refractivity contribution in [3.63, 3.8) is 0 Å². The molecule has 0 bridgehead atoms. The molecule has 1 rings (SSSR count). The molecule has 0 aliphatic carbocycles. The number of hydrogen-bond donors (Lipinski definition) is 1. The van der Waals surface area contributed by atoms with Crippen LogP contribution in [-0.4, -0.2) is 6.54 Å². The quantitative estimate of drug-likeness (QED) is 0.698. The molecular weight excluding hydrogens is 218 g/mol. The van der Waals surface area contributed by atoms with Gasteiger partial charge in [0.15, 0.2) is 0 Å².